The fraction of sp³-hybridized carbons (Fsp3) is 0.480. The molecule has 0 saturated carbocycles. The van der Waals surface area contributed by atoms with Gasteiger partial charge >= 0.3 is 6.18 Å². The van der Waals surface area contributed by atoms with Crippen LogP contribution in [0.2, 0.25) is 0 Å². The number of amides is 1. The first-order chi connectivity index (χ1) is 15.9. The Morgan fingerprint density at radius 2 is 1.76 bits per heavy atom. The SMILES string of the molecule is O=C([C@H]1Cc2cc(C(F)(F)F)ccc2N2CCN(Cc3ccccc3)C[C@@H]12)N1CCOCC1. The third-order valence-corrected chi connectivity index (χ3v) is 7.01. The van der Waals surface area contributed by atoms with Gasteiger partial charge in [-0.1, -0.05) is 30.3 Å². The molecule has 176 valence electrons. The number of ether oxygens (including phenoxy) is 1. The van der Waals surface area contributed by atoms with E-state index >= 15 is 0 Å². The second kappa shape index (κ2) is 8.99. The maximum absolute atomic E-state index is 13.6. The van der Waals surface area contributed by atoms with Crippen LogP contribution in [0.4, 0.5) is 18.9 Å². The van der Waals surface area contributed by atoms with Gasteiger partial charge in [0.2, 0.25) is 5.91 Å². The third kappa shape index (κ3) is 4.59. The summed E-state index contributed by atoms with van der Waals surface area (Å²) < 4.78 is 45.6. The van der Waals surface area contributed by atoms with E-state index in [1.807, 2.05) is 23.1 Å². The Morgan fingerprint density at radius 1 is 1.00 bits per heavy atom. The Kier molecular flexibility index (Phi) is 6.05. The number of fused-ring (bicyclic) bond motifs is 3. The molecule has 0 spiro atoms. The van der Waals surface area contributed by atoms with E-state index in [9.17, 15) is 18.0 Å². The molecule has 2 fully saturated rings. The molecular weight excluding hydrogens is 431 g/mol. The van der Waals surface area contributed by atoms with E-state index in [0.717, 1.165) is 24.8 Å². The Balaban J connectivity index is 1.44. The molecule has 0 N–H and O–H groups in total. The van der Waals surface area contributed by atoms with Crippen molar-refractivity contribution in [2.24, 2.45) is 5.92 Å². The molecule has 0 bridgehead atoms. The molecule has 3 aliphatic heterocycles. The standard InChI is InChI=1S/C25H28F3N3O2/c26-25(27,28)20-6-7-22-19(14-20)15-21(24(32)30-10-12-33-13-11-30)23-17-29(8-9-31(22)23)16-18-4-2-1-3-5-18/h1-7,14,21,23H,8-13,15-17H2/t21-,23-/m0/s1. The normalized spacial score (nSPS) is 23.7. The lowest BCUT2D eigenvalue weighted by Crippen LogP contribution is -2.61. The third-order valence-electron chi connectivity index (χ3n) is 7.01. The molecule has 0 aliphatic carbocycles. The van der Waals surface area contributed by atoms with Crippen molar-refractivity contribution in [3.63, 3.8) is 0 Å². The van der Waals surface area contributed by atoms with Crippen LogP contribution in [0, 0.1) is 5.92 Å². The molecular formula is C25H28F3N3O2. The summed E-state index contributed by atoms with van der Waals surface area (Å²) in [5.74, 6) is -0.351. The van der Waals surface area contributed by atoms with Crippen LogP contribution in [-0.2, 0) is 28.7 Å². The number of hydrogen-bond acceptors (Lipinski definition) is 4. The highest BCUT2D eigenvalue weighted by atomic mass is 19.4. The van der Waals surface area contributed by atoms with Crippen molar-refractivity contribution in [1.82, 2.24) is 9.80 Å². The van der Waals surface area contributed by atoms with Gasteiger partial charge in [-0.3, -0.25) is 9.69 Å². The first-order valence-corrected chi connectivity index (χ1v) is 11.5. The van der Waals surface area contributed by atoms with Gasteiger partial charge in [0.1, 0.15) is 0 Å². The quantitative estimate of drug-likeness (QED) is 0.705. The van der Waals surface area contributed by atoms with Gasteiger partial charge in [0.25, 0.3) is 0 Å². The van der Waals surface area contributed by atoms with Crippen LogP contribution >= 0.6 is 0 Å². The second-order valence-corrected chi connectivity index (χ2v) is 9.07. The van der Waals surface area contributed by atoms with Crippen molar-refractivity contribution >= 4 is 11.6 Å². The molecule has 2 saturated heterocycles. The molecule has 0 aromatic heterocycles. The van der Waals surface area contributed by atoms with E-state index in [4.69, 9.17) is 4.74 Å². The van der Waals surface area contributed by atoms with Gasteiger partial charge in [-0.2, -0.15) is 13.2 Å². The van der Waals surface area contributed by atoms with Crippen molar-refractivity contribution in [2.45, 2.75) is 25.2 Å². The number of nitrogens with zero attached hydrogens (tertiary/aromatic N) is 3. The van der Waals surface area contributed by atoms with E-state index in [0.29, 0.717) is 51.4 Å². The summed E-state index contributed by atoms with van der Waals surface area (Å²) in [5, 5.41) is 0. The number of carbonyl (C=O) groups is 1. The zero-order valence-electron chi connectivity index (χ0n) is 18.4. The number of rotatable bonds is 3. The van der Waals surface area contributed by atoms with Crippen LogP contribution in [0.1, 0.15) is 16.7 Å². The van der Waals surface area contributed by atoms with E-state index in [1.165, 1.54) is 11.6 Å². The predicted molar refractivity (Wildman–Crippen MR) is 119 cm³/mol. The van der Waals surface area contributed by atoms with Gasteiger partial charge in [0, 0.05) is 45.0 Å². The summed E-state index contributed by atoms with van der Waals surface area (Å²) in [5.41, 5.74) is 2.01. The number of carbonyl (C=O) groups excluding carboxylic acids is 1. The minimum atomic E-state index is -4.40. The summed E-state index contributed by atoms with van der Waals surface area (Å²) in [6.45, 7) is 5.05. The fourth-order valence-electron chi connectivity index (χ4n) is 5.35. The van der Waals surface area contributed by atoms with Gasteiger partial charge in [-0.05, 0) is 35.7 Å². The minimum absolute atomic E-state index is 0.0259. The molecule has 0 unspecified atom stereocenters. The first kappa shape index (κ1) is 22.2. The minimum Gasteiger partial charge on any atom is -0.378 e. The molecule has 3 heterocycles. The van der Waals surface area contributed by atoms with E-state index in [2.05, 4.69) is 21.9 Å². The molecule has 5 rings (SSSR count). The molecule has 33 heavy (non-hydrogen) atoms. The molecule has 2 aromatic carbocycles. The Morgan fingerprint density at radius 3 is 2.48 bits per heavy atom. The van der Waals surface area contributed by atoms with E-state index in [-0.39, 0.29) is 17.9 Å². The monoisotopic (exact) mass is 459 g/mol. The summed E-state index contributed by atoms with van der Waals surface area (Å²) in [7, 11) is 0. The largest absolute Gasteiger partial charge is 0.416 e. The Labute approximate surface area is 191 Å². The van der Waals surface area contributed by atoms with Gasteiger partial charge in [0.05, 0.1) is 30.7 Å². The van der Waals surface area contributed by atoms with E-state index < -0.39 is 11.7 Å². The lowest BCUT2D eigenvalue weighted by atomic mass is 9.82. The van der Waals surface area contributed by atoms with Crippen LogP contribution in [0.5, 0.6) is 0 Å². The van der Waals surface area contributed by atoms with Gasteiger partial charge in [0.15, 0.2) is 0 Å². The maximum Gasteiger partial charge on any atom is 0.416 e. The summed E-state index contributed by atoms with van der Waals surface area (Å²) in [4.78, 5) is 19.9. The number of hydrogen-bond donors (Lipinski definition) is 0. The highest BCUT2D eigenvalue weighted by molar-refractivity contribution is 5.82. The number of benzene rings is 2. The zero-order valence-corrected chi connectivity index (χ0v) is 18.4. The number of piperazine rings is 1. The summed E-state index contributed by atoms with van der Waals surface area (Å²) in [6.07, 6.45) is -4.07. The predicted octanol–water partition coefficient (Wildman–Crippen LogP) is 3.43. The summed E-state index contributed by atoms with van der Waals surface area (Å²) >= 11 is 0. The van der Waals surface area contributed by atoms with Crippen LogP contribution in [-0.4, -0.2) is 67.7 Å². The molecule has 5 nitrogen and oxygen atoms in total. The summed E-state index contributed by atoms with van der Waals surface area (Å²) in [6, 6.07) is 14.1. The smallest absolute Gasteiger partial charge is 0.378 e. The van der Waals surface area contributed by atoms with Crippen LogP contribution < -0.4 is 4.90 Å². The van der Waals surface area contributed by atoms with Gasteiger partial charge in [-0.15, -0.1) is 0 Å². The average Bonchev–Trinajstić information content (AvgIpc) is 2.83. The lowest BCUT2D eigenvalue weighted by Gasteiger charge is -2.50. The molecule has 3 aliphatic rings. The second-order valence-electron chi connectivity index (χ2n) is 9.07. The van der Waals surface area contributed by atoms with Crippen molar-refractivity contribution in [3.05, 3.63) is 65.2 Å². The Bertz CT molecular complexity index is 992. The molecule has 2 aromatic rings. The topological polar surface area (TPSA) is 36.0 Å². The van der Waals surface area contributed by atoms with Crippen molar-refractivity contribution in [2.75, 3.05) is 50.8 Å². The number of morpholine rings is 1. The average molecular weight is 460 g/mol. The van der Waals surface area contributed by atoms with Crippen molar-refractivity contribution < 1.29 is 22.7 Å². The van der Waals surface area contributed by atoms with Crippen molar-refractivity contribution in [3.8, 4) is 0 Å². The van der Waals surface area contributed by atoms with Crippen LogP contribution in [0.15, 0.2) is 48.5 Å². The Hall–Kier alpha value is -2.58. The lowest BCUT2D eigenvalue weighted by molar-refractivity contribution is -0.141. The molecule has 0 radical (unpaired) electrons. The first-order valence-electron chi connectivity index (χ1n) is 11.5. The highest BCUT2D eigenvalue weighted by Crippen LogP contribution is 2.40. The molecule has 2 atom stereocenters. The van der Waals surface area contributed by atoms with Crippen molar-refractivity contribution in [1.29, 1.82) is 0 Å². The van der Waals surface area contributed by atoms with Gasteiger partial charge < -0.3 is 14.5 Å². The maximum atomic E-state index is 13.6. The van der Waals surface area contributed by atoms with E-state index in [1.54, 1.807) is 6.07 Å². The zero-order chi connectivity index (χ0) is 23.0. The highest BCUT2D eigenvalue weighted by Gasteiger charge is 2.44. The van der Waals surface area contributed by atoms with Crippen LogP contribution in [0.3, 0.4) is 0 Å². The molecule has 8 heteroatoms. The fourth-order valence-corrected chi connectivity index (χ4v) is 5.35. The number of anilines is 1. The molecule has 1 amide bonds. The van der Waals surface area contributed by atoms with Gasteiger partial charge in [-0.25, -0.2) is 0 Å². The number of halogens is 3. The number of alkyl halides is 3. The van der Waals surface area contributed by atoms with Crippen LogP contribution in [0.25, 0.3) is 0 Å².